The standard InChI is InChI=1S/C19H24BNO3/c1-18(2)19(3,4)24-20(23-18)16-9-7-8-13-12-14(10-11-15(13)16)17(22)21(5)6/h7-12H,1-6H3. The largest absolute Gasteiger partial charge is 0.495 e. The van der Waals surface area contributed by atoms with Gasteiger partial charge in [-0.15, -0.1) is 0 Å². The van der Waals surface area contributed by atoms with Gasteiger partial charge in [-0.25, -0.2) is 0 Å². The lowest BCUT2D eigenvalue weighted by Gasteiger charge is -2.32. The highest BCUT2D eigenvalue weighted by Gasteiger charge is 2.52. The predicted octanol–water partition coefficient (Wildman–Crippen LogP) is 2.84. The average Bonchev–Trinajstić information content (AvgIpc) is 2.73. The fourth-order valence-electron chi connectivity index (χ4n) is 2.88. The van der Waals surface area contributed by atoms with Crippen molar-refractivity contribution in [2.45, 2.75) is 38.9 Å². The molecule has 4 nitrogen and oxygen atoms in total. The van der Waals surface area contributed by atoms with Crippen LogP contribution >= 0.6 is 0 Å². The molecule has 1 amide bonds. The monoisotopic (exact) mass is 325 g/mol. The van der Waals surface area contributed by atoms with Crippen LogP contribution in [0.4, 0.5) is 0 Å². The SMILES string of the molecule is CN(C)C(=O)c1ccc2c(B3OC(C)(C)C(C)(C)O3)cccc2c1. The molecule has 2 aromatic carbocycles. The molecule has 1 saturated heterocycles. The van der Waals surface area contributed by atoms with Gasteiger partial charge in [0.1, 0.15) is 0 Å². The van der Waals surface area contributed by atoms with Crippen LogP contribution in [0.1, 0.15) is 38.1 Å². The van der Waals surface area contributed by atoms with E-state index < -0.39 is 7.12 Å². The number of nitrogens with zero attached hydrogens (tertiary/aromatic N) is 1. The van der Waals surface area contributed by atoms with Gasteiger partial charge in [0.25, 0.3) is 5.91 Å². The Balaban J connectivity index is 2.03. The smallest absolute Gasteiger partial charge is 0.399 e. The van der Waals surface area contributed by atoms with Gasteiger partial charge in [0.15, 0.2) is 0 Å². The van der Waals surface area contributed by atoms with Crippen molar-refractivity contribution >= 4 is 29.3 Å². The first-order valence-electron chi connectivity index (χ1n) is 8.22. The van der Waals surface area contributed by atoms with Gasteiger partial charge < -0.3 is 14.2 Å². The van der Waals surface area contributed by atoms with Gasteiger partial charge in [-0.1, -0.05) is 24.3 Å². The van der Waals surface area contributed by atoms with Crippen LogP contribution in [0.25, 0.3) is 10.8 Å². The summed E-state index contributed by atoms with van der Waals surface area (Å²) in [5, 5.41) is 2.06. The Kier molecular flexibility index (Phi) is 3.97. The summed E-state index contributed by atoms with van der Waals surface area (Å²) in [5.74, 6) is -0.00191. The molecule has 0 bridgehead atoms. The third-order valence-corrected chi connectivity index (χ3v) is 5.07. The predicted molar refractivity (Wildman–Crippen MR) is 97.7 cm³/mol. The van der Waals surface area contributed by atoms with Crippen molar-refractivity contribution in [3.05, 3.63) is 42.0 Å². The highest BCUT2D eigenvalue weighted by atomic mass is 16.7. The molecular weight excluding hydrogens is 301 g/mol. The highest BCUT2D eigenvalue weighted by Crippen LogP contribution is 2.37. The summed E-state index contributed by atoms with van der Waals surface area (Å²) >= 11 is 0. The molecule has 24 heavy (non-hydrogen) atoms. The fourth-order valence-corrected chi connectivity index (χ4v) is 2.88. The van der Waals surface area contributed by atoms with Crippen LogP contribution in [0, 0.1) is 0 Å². The molecular formula is C19H24BNO3. The summed E-state index contributed by atoms with van der Waals surface area (Å²) < 4.78 is 12.4. The van der Waals surface area contributed by atoms with Crippen LogP contribution in [0.5, 0.6) is 0 Å². The molecule has 5 heteroatoms. The van der Waals surface area contributed by atoms with Crippen molar-refractivity contribution in [2.24, 2.45) is 0 Å². The van der Waals surface area contributed by atoms with Gasteiger partial charge in [0, 0.05) is 19.7 Å². The molecule has 0 radical (unpaired) electrons. The number of fused-ring (bicyclic) bond motifs is 1. The Morgan fingerprint density at radius 1 is 1.00 bits per heavy atom. The second-order valence-electron chi connectivity index (χ2n) is 7.57. The number of rotatable bonds is 2. The molecule has 0 spiro atoms. The molecule has 2 aromatic rings. The molecule has 3 rings (SSSR count). The molecule has 0 N–H and O–H groups in total. The van der Waals surface area contributed by atoms with Gasteiger partial charge >= 0.3 is 7.12 Å². The number of carbonyl (C=O) groups is 1. The zero-order valence-corrected chi connectivity index (χ0v) is 15.2. The summed E-state index contributed by atoms with van der Waals surface area (Å²) in [6.45, 7) is 8.19. The molecule has 1 heterocycles. The first-order chi connectivity index (χ1) is 11.1. The van der Waals surface area contributed by atoms with Crippen LogP contribution in [-0.2, 0) is 9.31 Å². The van der Waals surface area contributed by atoms with Crippen LogP contribution in [0.15, 0.2) is 36.4 Å². The molecule has 126 valence electrons. The number of hydrogen-bond donors (Lipinski definition) is 0. The Bertz CT molecular complexity index is 782. The van der Waals surface area contributed by atoms with E-state index in [0.717, 1.165) is 16.2 Å². The Morgan fingerprint density at radius 3 is 2.21 bits per heavy atom. The van der Waals surface area contributed by atoms with E-state index in [1.165, 1.54) is 0 Å². The maximum atomic E-state index is 12.2. The van der Waals surface area contributed by atoms with Crippen molar-refractivity contribution < 1.29 is 14.1 Å². The lowest BCUT2D eigenvalue weighted by molar-refractivity contribution is 0.00578. The second kappa shape index (κ2) is 5.61. The average molecular weight is 325 g/mol. The van der Waals surface area contributed by atoms with E-state index in [1.54, 1.807) is 19.0 Å². The van der Waals surface area contributed by atoms with Gasteiger partial charge in [-0.3, -0.25) is 4.79 Å². The second-order valence-corrected chi connectivity index (χ2v) is 7.57. The Labute approximate surface area is 143 Å². The quantitative estimate of drug-likeness (QED) is 0.797. The lowest BCUT2D eigenvalue weighted by Crippen LogP contribution is -2.41. The topological polar surface area (TPSA) is 38.8 Å². The summed E-state index contributed by atoms with van der Waals surface area (Å²) in [6, 6.07) is 11.8. The van der Waals surface area contributed by atoms with Crippen molar-refractivity contribution in [1.29, 1.82) is 0 Å². The zero-order valence-electron chi connectivity index (χ0n) is 15.2. The van der Waals surface area contributed by atoms with Crippen molar-refractivity contribution in [3.63, 3.8) is 0 Å². The highest BCUT2D eigenvalue weighted by molar-refractivity contribution is 6.65. The molecule has 0 aromatic heterocycles. The van der Waals surface area contributed by atoms with E-state index >= 15 is 0 Å². The molecule has 0 aliphatic carbocycles. The maximum Gasteiger partial charge on any atom is 0.495 e. The van der Waals surface area contributed by atoms with E-state index in [0.29, 0.717) is 5.56 Å². The van der Waals surface area contributed by atoms with Crippen LogP contribution < -0.4 is 5.46 Å². The number of benzene rings is 2. The molecule has 0 unspecified atom stereocenters. The number of carbonyl (C=O) groups excluding carboxylic acids is 1. The Morgan fingerprint density at radius 2 is 1.62 bits per heavy atom. The van der Waals surface area contributed by atoms with Crippen molar-refractivity contribution in [1.82, 2.24) is 4.90 Å². The summed E-state index contributed by atoms with van der Waals surface area (Å²) in [7, 11) is 3.11. The summed E-state index contributed by atoms with van der Waals surface area (Å²) in [6.07, 6.45) is 0. The van der Waals surface area contributed by atoms with E-state index in [9.17, 15) is 4.79 Å². The first kappa shape index (κ1) is 17.0. The van der Waals surface area contributed by atoms with E-state index in [2.05, 4.69) is 0 Å². The fraction of sp³-hybridized carbons (Fsp3) is 0.421. The van der Waals surface area contributed by atoms with Crippen LogP contribution in [-0.4, -0.2) is 43.2 Å². The first-order valence-corrected chi connectivity index (χ1v) is 8.22. The minimum Gasteiger partial charge on any atom is -0.399 e. The van der Waals surface area contributed by atoms with Crippen molar-refractivity contribution in [2.75, 3.05) is 14.1 Å². The van der Waals surface area contributed by atoms with Crippen molar-refractivity contribution in [3.8, 4) is 0 Å². The minimum absolute atomic E-state index is 0.00191. The molecule has 0 atom stereocenters. The van der Waals surface area contributed by atoms with Gasteiger partial charge in [0.05, 0.1) is 11.2 Å². The van der Waals surface area contributed by atoms with E-state index in [4.69, 9.17) is 9.31 Å². The van der Waals surface area contributed by atoms with E-state index in [-0.39, 0.29) is 17.1 Å². The van der Waals surface area contributed by atoms with Gasteiger partial charge in [-0.2, -0.15) is 0 Å². The normalized spacial score (nSPS) is 18.8. The molecule has 0 saturated carbocycles. The van der Waals surface area contributed by atoms with Crippen LogP contribution in [0.2, 0.25) is 0 Å². The van der Waals surface area contributed by atoms with Gasteiger partial charge in [0.2, 0.25) is 0 Å². The molecule has 1 aliphatic heterocycles. The zero-order chi connectivity index (χ0) is 17.7. The van der Waals surface area contributed by atoms with E-state index in [1.807, 2.05) is 64.1 Å². The molecule has 1 fully saturated rings. The summed E-state index contributed by atoms with van der Waals surface area (Å²) in [5.41, 5.74) is 0.926. The van der Waals surface area contributed by atoms with Crippen LogP contribution in [0.3, 0.4) is 0 Å². The lowest BCUT2D eigenvalue weighted by atomic mass is 9.76. The number of amides is 1. The minimum atomic E-state index is -0.408. The Hall–Kier alpha value is -1.85. The third kappa shape index (κ3) is 2.72. The maximum absolute atomic E-state index is 12.2. The third-order valence-electron chi connectivity index (χ3n) is 5.07. The molecule has 1 aliphatic rings. The van der Waals surface area contributed by atoms with Gasteiger partial charge in [-0.05, 0) is 56.1 Å². The summed E-state index contributed by atoms with van der Waals surface area (Å²) in [4.78, 5) is 13.8. The number of hydrogen-bond acceptors (Lipinski definition) is 3.